The maximum atomic E-state index is 11.7. The fraction of sp³-hybridized carbons (Fsp3) is 0.312. The number of nitrogens with one attached hydrogen (secondary N) is 1. The lowest BCUT2D eigenvalue weighted by molar-refractivity contribution is -0.305. The molecule has 0 unspecified atom stereocenters. The van der Waals surface area contributed by atoms with E-state index >= 15 is 0 Å². The van der Waals surface area contributed by atoms with Crippen molar-refractivity contribution < 1.29 is 14.7 Å². The Hall–Kier alpha value is -2.21. The Morgan fingerprint density at radius 3 is 2.50 bits per heavy atom. The predicted molar refractivity (Wildman–Crippen MR) is 84.5 cm³/mol. The summed E-state index contributed by atoms with van der Waals surface area (Å²) in [5.41, 5.74) is 3.05. The Labute approximate surface area is 133 Å². The van der Waals surface area contributed by atoms with Crippen LogP contribution in [-0.2, 0) is 9.59 Å². The molecule has 0 fully saturated rings. The second-order valence-electron chi connectivity index (χ2n) is 5.06. The zero-order valence-electron chi connectivity index (χ0n) is 12.5. The van der Waals surface area contributed by atoms with Gasteiger partial charge in [0.05, 0.1) is 5.69 Å². The first-order chi connectivity index (χ1) is 10.5. The quantitative estimate of drug-likeness (QED) is 0.886. The van der Waals surface area contributed by atoms with Crippen molar-refractivity contribution in [2.45, 2.75) is 33.1 Å². The smallest absolute Gasteiger partial charge is 0.226 e. The number of hydrogen-bond acceptors (Lipinski definition) is 5. The molecule has 0 spiro atoms. The van der Waals surface area contributed by atoms with E-state index in [1.807, 2.05) is 38.1 Å². The molecule has 0 radical (unpaired) electrons. The Bertz CT molecular complexity index is 677. The van der Waals surface area contributed by atoms with E-state index in [1.165, 1.54) is 16.9 Å². The van der Waals surface area contributed by atoms with Gasteiger partial charge in [0.15, 0.2) is 5.13 Å². The minimum atomic E-state index is -1.14. The van der Waals surface area contributed by atoms with Crippen molar-refractivity contribution in [3.05, 3.63) is 34.7 Å². The van der Waals surface area contributed by atoms with Gasteiger partial charge in [0, 0.05) is 22.8 Å². The van der Waals surface area contributed by atoms with Gasteiger partial charge in [-0.15, -0.1) is 11.3 Å². The molecule has 116 valence electrons. The maximum Gasteiger partial charge on any atom is 0.226 e. The van der Waals surface area contributed by atoms with Crippen LogP contribution >= 0.6 is 11.3 Å². The molecule has 1 N–H and O–H groups in total. The molecule has 0 aliphatic carbocycles. The van der Waals surface area contributed by atoms with Crippen LogP contribution in [0.4, 0.5) is 5.13 Å². The average Bonchev–Trinajstić information content (AvgIpc) is 2.80. The number of hydrogen-bond donors (Lipinski definition) is 1. The minimum absolute atomic E-state index is 0.112. The van der Waals surface area contributed by atoms with Crippen LogP contribution in [0.3, 0.4) is 0 Å². The van der Waals surface area contributed by atoms with Gasteiger partial charge in [0.1, 0.15) is 0 Å². The first kappa shape index (κ1) is 16.2. The third-order valence-electron chi connectivity index (χ3n) is 3.15. The molecule has 0 aliphatic rings. The van der Waals surface area contributed by atoms with Gasteiger partial charge in [0.25, 0.3) is 0 Å². The summed E-state index contributed by atoms with van der Waals surface area (Å²) >= 11 is 1.41. The van der Waals surface area contributed by atoms with Crippen molar-refractivity contribution in [1.82, 2.24) is 4.98 Å². The van der Waals surface area contributed by atoms with Crippen LogP contribution in [-0.4, -0.2) is 16.9 Å². The maximum absolute atomic E-state index is 11.7. The molecule has 1 aromatic carbocycles. The molecule has 22 heavy (non-hydrogen) atoms. The molecular weight excluding hydrogens is 300 g/mol. The highest BCUT2D eigenvalue weighted by Crippen LogP contribution is 2.30. The molecular formula is C16H17N2O3S-. The summed E-state index contributed by atoms with van der Waals surface area (Å²) in [5.74, 6) is -1.37. The third kappa shape index (κ3) is 4.39. The fourth-order valence-electron chi connectivity index (χ4n) is 2.00. The first-order valence-electron chi connectivity index (χ1n) is 7.00. The van der Waals surface area contributed by atoms with E-state index in [-0.39, 0.29) is 25.2 Å². The van der Waals surface area contributed by atoms with Crippen LogP contribution in [0.2, 0.25) is 0 Å². The first-order valence-corrected chi connectivity index (χ1v) is 7.81. The summed E-state index contributed by atoms with van der Waals surface area (Å²) in [5, 5.41) is 13.6. The SMILES string of the molecule is Cc1ccc(-c2nc(NC(=O)CCCC(=O)[O-])sc2C)cc1. The zero-order chi connectivity index (χ0) is 16.1. The van der Waals surface area contributed by atoms with E-state index in [0.29, 0.717) is 5.13 Å². The summed E-state index contributed by atoms with van der Waals surface area (Å²) in [4.78, 5) is 27.5. The van der Waals surface area contributed by atoms with Gasteiger partial charge in [-0.05, 0) is 26.7 Å². The van der Waals surface area contributed by atoms with Gasteiger partial charge in [-0.3, -0.25) is 4.79 Å². The molecule has 1 amide bonds. The van der Waals surface area contributed by atoms with Crippen molar-refractivity contribution in [2.24, 2.45) is 0 Å². The Balaban J connectivity index is 2.02. The lowest BCUT2D eigenvalue weighted by Gasteiger charge is -2.02. The Morgan fingerprint density at radius 2 is 1.86 bits per heavy atom. The largest absolute Gasteiger partial charge is 0.550 e. The van der Waals surface area contributed by atoms with Crippen LogP contribution in [0.25, 0.3) is 11.3 Å². The van der Waals surface area contributed by atoms with Crippen LogP contribution in [0.5, 0.6) is 0 Å². The molecule has 6 heteroatoms. The number of carbonyl (C=O) groups is 2. The average molecular weight is 317 g/mol. The number of carbonyl (C=O) groups excluding carboxylic acids is 2. The fourth-order valence-corrected chi connectivity index (χ4v) is 2.86. The number of carboxylic acids is 1. The van der Waals surface area contributed by atoms with Gasteiger partial charge >= 0.3 is 0 Å². The zero-order valence-corrected chi connectivity index (χ0v) is 13.3. The number of nitrogens with zero attached hydrogens (tertiary/aromatic N) is 1. The van der Waals surface area contributed by atoms with Crippen molar-refractivity contribution in [3.8, 4) is 11.3 Å². The van der Waals surface area contributed by atoms with Crippen LogP contribution < -0.4 is 10.4 Å². The van der Waals surface area contributed by atoms with Crippen molar-refractivity contribution >= 4 is 28.3 Å². The topological polar surface area (TPSA) is 82.1 Å². The monoisotopic (exact) mass is 317 g/mol. The van der Waals surface area contributed by atoms with Crippen LogP contribution in [0.1, 0.15) is 29.7 Å². The third-order valence-corrected chi connectivity index (χ3v) is 4.04. The van der Waals surface area contributed by atoms with E-state index in [2.05, 4.69) is 10.3 Å². The molecule has 2 rings (SSSR count). The minimum Gasteiger partial charge on any atom is -0.550 e. The lowest BCUT2D eigenvalue weighted by atomic mass is 10.1. The van der Waals surface area contributed by atoms with Crippen molar-refractivity contribution in [2.75, 3.05) is 5.32 Å². The number of benzene rings is 1. The number of amides is 1. The number of aliphatic carboxylic acids is 1. The van der Waals surface area contributed by atoms with E-state index in [4.69, 9.17) is 0 Å². The molecule has 5 nitrogen and oxygen atoms in total. The van der Waals surface area contributed by atoms with Crippen molar-refractivity contribution in [3.63, 3.8) is 0 Å². The van der Waals surface area contributed by atoms with Gasteiger partial charge in [-0.25, -0.2) is 4.98 Å². The molecule has 1 aromatic heterocycles. The number of anilines is 1. The highest BCUT2D eigenvalue weighted by molar-refractivity contribution is 7.16. The predicted octanol–water partition coefficient (Wildman–Crippen LogP) is 2.29. The molecule has 0 saturated carbocycles. The molecule has 0 atom stereocenters. The van der Waals surface area contributed by atoms with Crippen molar-refractivity contribution in [1.29, 1.82) is 0 Å². The van der Waals surface area contributed by atoms with Gasteiger partial charge in [0.2, 0.25) is 5.91 Å². The Morgan fingerprint density at radius 1 is 1.18 bits per heavy atom. The number of thiazole rings is 1. The van der Waals surface area contributed by atoms with E-state index in [9.17, 15) is 14.7 Å². The summed E-state index contributed by atoms with van der Waals surface area (Å²) in [6.07, 6.45) is 0.300. The number of carboxylic acid groups (broad SMARTS) is 1. The molecule has 2 aromatic rings. The van der Waals surface area contributed by atoms with Crippen LogP contribution in [0, 0.1) is 13.8 Å². The summed E-state index contributed by atoms with van der Waals surface area (Å²) in [6, 6.07) is 8.05. The standard InChI is InChI=1S/C16H18N2O3S/c1-10-6-8-12(9-7-10)15-11(2)22-16(18-15)17-13(19)4-3-5-14(20)21/h6-9H,3-5H2,1-2H3,(H,20,21)(H,17,18,19)/p-1. The molecule has 0 bridgehead atoms. The molecule has 1 heterocycles. The summed E-state index contributed by atoms with van der Waals surface area (Å²) < 4.78 is 0. The number of rotatable bonds is 6. The van der Waals surface area contributed by atoms with Gasteiger partial charge < -0.3 is 15.2 Å². The highest BCUT2D eigenvalue weighted by Gasteiger charge is 2.11. The second-order valence-corrected chi connectivity index (χ2v) is 6.27. The Kier molecular flexibility index (Phi) is 5.27. The van der Waals surface area contributed by atoms with E-state index < -0.39 is 5.97 Å². The molecule has 0 aliphatic heterocycles. The normalized spacial score (nSPS) is 10.5. The van der Waals surface area contributed by atoms with Crippen LogP contribution in [0.15, 0.2) is 24.3 Å². The van der Waals surface area contributed by atoms with E-state index in [0.717, 1.165) is 16.1 Å². The summed E-state index contributed by atoms with van der Waals surface area (Å²) in [7, 11) is 0. The van der Waals surface area contributed by atoms with Gasteiger partial charge in [-0.1, -0.05) is 29.8 Å². The van der Waals surface area contributed by atoms with E-state index in [1.54, 1.807) is 0 Å². The second kappa shape index (κ2) is 7.17. The van der Waals surface area contributed by atoms with Gasteiger partial charge in [-0.2, -0.15) is 0 Å². The molecule has 0 saturated heterocycles. The highest BCUT2D eigenvalue weighted by atomic mass is 32.1. The number of aryl methyl sites for hydroxylation is 2. The summed E-state index contributed by atoms with van der Waals surface area (Å²) in [6.45, 7) is 3.98. The lowest BCUT2D eigenvalue weighted by Crippen LogP contribution is -2.22. The number of aromatic nitrogens is 1.